The van der Waals surface area contributed by atoms with Crippen molar-refractivity contribution < 1.29 is 19.4 Å². The molecule has 0 fully saturated rings. The Balaban J connectivity index is 1.46. The average Bonchev–Trinajstić information content (AvgIpc) is 3.57. The van der Waals surface area contributed by atoms with Crippen molar-refractivity contribution >= 4 is 11.9 Å². The van der Waals surface area contributed by atoms with Crippen molar-refractivity contribution in [1.82, 2.24) is 9.47 Å². The number of amides is 1. The number of esters is 1. The Morgan fingerprint density at radius 2 is 1.30 bits per heavy atom. The highest BCUT2D eigenvalue weighted by atomic mass is 16.5. The number of nitrogens with zero attached hydrogens (tertiary/aromatic N) is 2. The molecule has 0 aliphatic heterocycles. The Labute approximate surface area is 258 Å². The van der Waals surface area contributed by atoms with E-state index in [-0.39, 0.29) is 25.5 Å². The van der Waals surface area contributed by atoms with Gasteiger partial charge in [-0.3, -0.25) is 9.59 Å². The highest BCUT2D eigenvalue weighted by Gasteiger charge is 2.38. The predicted octanol–water partition coefficient (Wildman–Crippen LogP) is 7.28. The number of aliphatic hydroxyl groups is 1. The van der Waals surface area contributed by atoms with Crippen LogP contribution in [0.1, 0.15) is 23.6 Å². The van der Waals surface area contributed by atoms with E-state index in [2.05, 4.69) is 30.8 Å². The maximum Gasteiger partial charge on any atom is 0.312 e. The summed E-state index contributed by atoms with van der Waals surface area (Å²) < 4.78 is 7.50. The van der Waals surface area contributed by atoms with E-state index in [1.54, 1.807) is 10.6 Å². The van der Waals surface area contributed by atoms with Gasteiger partial charge in [-0.2, -0.15) is 0 Å². The van der Waals surface area contributed by atoms with E-state index in [1.165, 1.54) is 4.90 Å². The van der Waals surface area contributed by atoms with Crippen LogP contribution in [-0.4, -0.2) is 33.2 Å². The topological polar surface area (TPSA) is 71.8 Å². The van der Waals surface area contributed by atoms with Crippen LogP contribution in [0.25, 0.3) is 22.3 Å². The predicted molar refractivity (Wildman–Crippen MR) is 173 cm³/mol. The zero-order chi connectivity index (χ0) is 30.7. The van der Waals surface area contributed by atoms with Crippen molar-refractivity contribution in [2.75, 3.05) is 6.73 Å². The lowest BCUT2D eigenvalue weighted by molar-refractivity contribution is -0.157. The molecule has 0 aliphatic carbocycles. The minimum atomic E-state index is -0.968. The van der Waals surface area contributed by atoms with Gasteiger partial charge in [0.15, 0.2) is 0 Å². The minimum Gasteiger partial charge on any atom is -0.461 e. The monoisotopic (exact) mass is 584 g/mol. The van der Waals surface area contributed by atoms with Gasteiger partial charge in [0, 0.05) is 18.9 Å². The molecule has 0 saturated carbocycles. The van der Waals surface area contributed by atoms with Crippen molar-refractivity contribution in [3.8, 4) is 22.3 Å². The summed E-state index contributed by atoms with van der Waals surface area (Å²) in [6.45, 7) is 3.65. The third-order valence-electron chi connectivity index (χ3n) is 7.64. The van der Waals surface area contributed by atoms with E-state index in [0.29, 0.717) is 0 Å². The number of aliphatic hydroxyl groups excluding tert-OH is 1. The van der Waals surface area contributed by atoms with Crippen LogP contribution in [0.5, 0.6) is 0 Å². The van der Waals surface area contributed by atoms with Gasteiger partial charge in [0.25, 0.3) is 0 Å². The first-order chi connectivity index (χ1) is 21.6. The molecule has 1 aromatic heterocycles. The molecule has 0 spiro atoms. The standard InChI is InChI=1S/C38H36N2O4/c1-2-12-35(38(43)44-27-30-15-8-4-9-16-30)36(37(42)40(28-41)25-29-13-6-3-7-14-29)39-24-23-34(26-39)33-21-19-32(20-22-33)31-17-10-5-11-18-31/h2-11,13-24,26,35-36,41H,1,12,25,27-28H2. The van der Waals surface area contributed by atoms with Crippen LogP contribution in [0.4, 0.5) is 0 Å². The number of ether oxygens (including phenoxy) is 1. The molecule has 1 heterocycles. The second-order valence-electron chi connectivity index (χ2n) is 10.6. The second kappa shape index (κ2) is 14.8. The van der Waals surface area contributed by atoms with Crippen molar-refractivity contribution in [3.63, 3.8) is 0 Å². The quantitative estimate of drug-likeness (QED) is 0.0897. The Kier molecular flexibility index (Phi) is 10.2. The van der Waals surface area contributed by atoms with E-state index in [0.717, 1.165) is 33.4 Å². The van der Waals surface area contributed by atoms with Gasteiger partial charge in [0.05, 0.1) is 5.92 Å². The van der Waals surface area contributed by atoms with Crippen molar-refractivity contribution in [2.24, 2.45) is 5.92 Å². The number of carbonyl (C=O) groups excluding carboxylic acids is 2. The minimum absolute atomic E-state index is 0.0899. The molecule has 2 unspecified atom stereocenters. The largest absolute Gasteiger partial charge is 0.461 e. The Morgan fingerprint density at radius 1 is 0.750 bits per heavy atom. The highest BCUT2D eigenvalue weighted by Crippen LogP contribution is 2.31. The molecule has 6 nitrogen and oxygen atoms in total. The Hall–Kier alpha value is -5.20. The molecular formula is C38H36N2O4. The molecule has 0 saturated heterocycles. The summed E-state index contributed by atoms with van der Waals surface area (Å²) in [7, 11) is 0. The lowest BCUT2D eigenvalue weighted by Crippen LogP contribution is -2.42. The fourth-order valence-electron chi connectivity index (χ4n) is 5.31. The summed E-state index contributed by atoms with van der Waals surface area (Å²) in [6.07, 6.45) is 5.52. The third kappa shape index (κ3) is 7.41. The summed E-state index contributed by atoms with van der Waals surface area (Å²) in [4.78, 5) is 29.2. The van der Waals surface area contributed by atoms with Crippen LogP contribution in [0.3, 0.4) is 0 Å². The van der Waals surface area contributed by atoms with E-state index in [9.17, 15) is 14.7 Å². The molecule has 5 aromatic rings. The lowest BCUT2D eigenvalue weighted by Gasteiger charge is -2.31. The Bertz CT molecular complexity index is 1650. The molecule has 2 atom stereocenters. The fraction of sp³-hybridized carbons (Fsp3) is 0.158. The summed E-state index contributed by atoms with van der Waals surface area (Å²) in [5.41, 5.74) is 5.83. The number of hydrogen-bond donors (Lipinski definition) is 1. The number of allylic oxidation sites excluding steroid dienone is 1. The first-order valence-corrected chi connectivity index (χ1v) is 14.7. The molecule has 6 heteroatoms. The van der Waals surface area contributed by atoms with E-state index < -0.39 is 24.7 Å². The summed E-state index contributed by atoms with van der Waals surface area (Å²) in [5, 5.41) is 10.3. The van der Waals surface area contributed by atoms with Gasteiger partial charge in [-0.25, -0.2) is 0 Å². The smallest absolute Gasteiger partial charge is 0.312 e. The summed E-state index contributed by atoms with van der Waals surface area (Å²) in [5.74, 6) is -1.76. The van der Waals surface area contributed by atoms with Gasteiger partial charge < -0.3 is 19.3 Å². The van der Waals surface area contributed by atoms with Gasteiger partial charge in [-0.05, 0) is 45.9 Å². The summed E-state index contributed by atoms with van der Waals surface area (Å²) in [6, 6.07) is 38.2. The molecule has 1 amide bonds. The molecule has 4 aromatic carbocycles. The van der Waals surface area contributed by atoms with Crippen LogP contribution < -0.4 is 0 Å². The molecule has 1 N–H and O–H groups in total. The lowest BCUT2D eigenvalue weighted by atomic mass is 9.94. The van der Waals surface area contributed by atoms with Gasteiger partial charge in [-0.1, -0.05) is 121 Å². The maximum atomic E-state index is 14.2. The molecule has 0 bridgehead atoms. The molecule has 0 aliphatic rings. The number of carbonyl (C=O) groups is 2. The van der Waals surface area contributed by atoms with Crippen molar-refractivity contribution in [2.45, 2.75) is 25.6 Å². The Morgan fingerprint density at radius 3 is 1.89 bits per heavy atom. The highest BCUT2D eigenvalue weighted by molar-refractivity contribution is 5.87. The van der Waals surface area contributed by atoms with Crippen molar-refractivity contribution in [1.29, 1.82) is 0 Å². The van der Waals surface area contributed by atoms with Gasteiger partial charge in [0.1, 0.15) is 19.4 Å². The molecular weight excluding hydrogens is 548 g/mol. The first-order valence-electron chi connectivity index (χ1n) is 14.7. The molecule has 222 valence electrons. The number of rotatable bonds is 13. The van der Waals surface area contributed by atoms with E-state index in [1.807, 2.05) is 109 Å². The number of benzene rings is 4. The van der Waals surface area contributed by atoms with Crippen LogP contribution in [0.15, 0.2) is 146 Å². The van der Waals surface area contributed by atoms with Crippen LogP contribution in [0, 0.1) is 5.92 Å². The number of hydrogen-bond acceptors (Lipinski definition) is 4. The zero-order valence-electron chi connectivity index (χ0n) is 24.5. The summed E-state index contributed by atoms with van der Waals surface area (Å²) >= 11 is 0. The number of aromatic nitrogens is 1. The van der Waals surface area contributed by atoms with E-state index >= 15 is 0 Å². The van der Waals surface area contributed by atoms with E-state index in [4.69, 9.17) is 4.74 Å². The van der Waals surface area contributed by atoms with Crippen LogP contribution in [-0.2, 0) is 27.5 Å². The maximum absolute atomic E-state index is 14.2. The van der Waals surface area contributed by atoms with Gasteiger partial charge in [0.2, 0.25) is 5.91 Å². The average molecular weight is 585 g/mol. The molecule has 44 heavy (non-hydrogen) atoms. The zero-order valence-corrected chi connectivity index (χ0v) is 24.5. The fourth-order valence-corrected chi connectivity index (χ4v) is 5.31. The first kappa shape index (κ1) is 30.3. The van der Waals surface area contributed by atoms with Crippen LogP contribution >= 0.6 is 0 Å². The van der Waals surface area contributed by atoms with Crippen molar-refractivity contribution in [3.05, 3.63) is 158 Å². The molecule has 5 rings (SSSR count). The van der Waals surface area contributed by atoms with Crippen LogP contribution in [0.2, 0.25) is 0 Å². The van der Waals surface area contributed by atoms with Gasteiger partial charge in [-0.15, -0.1) is 6.58 Å². The third-order valence-corrected chi connectivity index (χ3v) is 7.64. The normalized spacial score (nSPS) is 12.2. The second-order valence-corrected chi connectivity index (χ2v) is 10.6. The molecule has 0 radical (unpaired) electrons. The SMILES string of the molecule is C=CCC(C(=O)OCc1ccccc1)C(C(=O)N(CO)Cc1ccccc1)n1ccc(-c2ccc(-c3ccccc3)cc2)c1. The van der Waals surface area contributed by atoms with Gasteiger partial charge >= 0.3 is 5.97 Å².